The molecule has 2 atom stereocenters. The molecule has 0 aromatic heterocycles. The van der Waals surface area contributed by atoms with Gasteiger partial charge in [-0.15, -0.1) is 0 Å². The van der Waals surface area contributed by atoms with Crippen LogP contribution in [0.25, 0.3) is 0 Å². The van der Waals surface area contributed by atoms with Gasteiger partial charge in [0.1, 0.15) is 11.7 Å². The predicted octanol–water partition coefficient (Wildman–Crippen LogP) is 1.65. The summed E-state index contributed by atoms with van der Waals surface area (Å²) in [5, 5.41) is 20.6. The van der Waals surface area contributed by atoms with Crippen molar-refractivity contribution in [1.29, 1.82) is 0 Å². The molecule has 1 aromatic rings. The first-order valence-electron chi connectivity index (χ1n) is 5.75. The summed E-state index contributed by atoms with van der Waals surface area (Å²) in [5.74, 6) is 0. The highest BCUT2D eigenvalue weighted by atomic mass is 16.5. The van der Waals surface area contributed by atoms with Crippen LogP contribution in [0.2, 0.25) is 0 Å². The summed E-state index contributed by atoms with van der Waals surface area (Å²) in [6.07, 6.45) is 1.56. The Morgan fingerprint density at radius 1 is 1.19 bits per heavy atom. The minimum Gasteiger partial charge on any atom is -0.385 e. The topological polar surface area (TPSA) is 49.7 Å². The Morgan fingerprint density at radius 2 is 1.94 bits per heavy atom. The lowest BCUT2D eigenvalue weighted by Crippen LogP contribution is -2.40. The average molecular weight is 222 g/mol. The highest BCUT2D eigenvalue weighted by Gasteiger charge is 2.37. The van der Waals surface area contributed by atoms with Crippen LogP contribution in [0, 0.1) is 0 Å². The van der Waals surface area contributed by atoms with Crippen LogP contribution in [0.4, 0.5) is 0 Å². The maximum absolute atomic E-state index is 10.4. The third-order valence-corrected chi connectivity index (χ3v) is 3.12. The smallest absolute Gasteiger partial charge is 0.118 e. The zero-order valence-corrected chi connectivity index (χ0v) is 9.30. The monoisotopic (exact) mass is 222 g/mol. The zero-order chi connectivity index (χ0) is 11.4. The largest absolute Gasteiger partial charge is 0.385 e. The second kappa shape index (κ2) is 4.95. The van der Waals surface area contributed by atoms with Gasteiger partial charge in [-0.2, -0.15) is 0 Å². The summed E-state index contributed by atoms with van der Waals surface area (Å²) < 4.78 is 5.34. The molecule has 1 aliphatic heterocycles. The summed E-state index contributed by atoms with van der Waals surface area (Å²) in [6, 6.07) is 9.27. The van der Waals surface area contributed by atoms with Gasteiger partial charge in [-0.25, -0.2) is 0 Å². The van der Waals surface area contributed by atoms with Crippen molar-refractivity contribution < 1.29 is 14.9 Å². The lowest BCUT2D eigenvalue weighted by atomic mass is 9.87. The Balaban J connectivity index is 2.15. The number of benzene rings is 1. The van der Waals surface area contributed by atoms with Gasteiger partial charge in [0.25, 0.3) is 0 Å². The van der Waals surface area contributed by atoms with Crippen LogP contribution in [0.15, 0.2) is 30.3 Å². The number of aliphatic hydroxyl groups excluding tert-OH is 1. The SMILES string of the molecule is OC(c1ccccc1)C1(O)CCCCOC1. The molecule has 1 heterocycles. The molecule has 16 heavy (non-hydrogen) atoms. The molecule has 3 nitrogen and oxygen atoms in total. The van der Waals surface area contributed by atoms with Crippen molar-refractivity contribution in [1.82, 2.24) is 0 Å². The van der Waals surface area contributed by atoms with Crippen molar-refractivity contribution in [3.63, 3.8) is 0 Å². The van der Waals surface area contributed by atoms with Crippen molar-refractivity contribution in [2.75, 3.05) is 13.2 Å². The maximum atomic E-state index is 10.4. The molecule has 2 N–H and O–H groups in total. The van der Waals surface area contributed by atoms with Crippen molar-refractivity contribution in [3.05, 3.63) is 35.9 Å². The first kappa shape index (κ1) is 11.6. The minimum atomic E-state index is -1.14. The lowest BCUT2D eigenvalue weighted by molar-refractivity contribution is -0.118. The molecular weight excluding hydrogens is 204 g/mol. The Bertz CT molecular complexity index is 315. The Labute approximate surface area is 95.7 Å². The van der Waals surface area contributed by atoms with E-state index < -0.39 is 11.7 Å². The van der Waals surface area contributed by atoms with E-state index >= 15 is 0 Å². The fourth-order valence-corrected chi connectivity index (χ4v) is 2.12. The van der Waals surface area contributed by atoms with Gasteiger partial charge in [0.15, 0.2) is 0 Å². The van der Waals surface area contributed by atoms with E-state index in [0.29, 0.717) is 13.0 Å². The number of ether oxygens (including phenoxy) is 1. The van der Waals surface area contributed by atoms with E-state index in [1.807, 2.05) is 30.3 Å². The van der Waals surface area contributed by atoms with Crippen molar-refractivity contribution in [2.24, 2.45) is 0 Å². The fraction of sp³-hybridized carbons (Fsp3) is 0.538. The van der Waals surface area contributed by atoms with Crippen LogP contribution in [0.5, 0.6) is 0 Å². The standard InChI is InChI=1S/C13H18O3/c14-12(11-6-2-1-3-7-11)13(15)8-4-5-9-16-10-13/h1-3,6-7,12,14-15H,4-5,8-10H2. The van der Waals surface area contributed by atoms with Crippen molar-refractivity contribution in [3.8, 4) is 0 Å². The van der Waals surface area contributed by atoms with Crippen molar-refractivity contribution >= 4 is 0 Å². The van der Waals surface area contributed by atoms with Gasteiger partial charge in [-0.3, -0.25) is 0 Å². The number of hydrogen-bond acceptors (Lipinski definition) is 3. The predicted molar refractivity (Wildman–Crippen MR) is 61.0 cm³/mol. The summed E-state index contributed by atoms with van der Waals surface area (Å²) in [5.41, 5.74) is -0.395. The summed E-state index contributed by atoms with van der Waals surface area (Å²) in [4.78, 5) is 0. The molecule has 0 radical (unpaired) electrons. The van der Waals surface area contributed by atoms with Crippen LogP contribution < -0.4 is 0 Å². The van der Waals surface area contributed by atoms with Gasteiger partial charge in [0.05, 0.1) is 6.61 Å². The Morgan fingerprint density at radius 3 is 2.69 bits per heavy atom. The van der Waals surface area contributed by atoms with E-state index in [1.165, 1.54) is 0 Å². The molecule has 2 unspecified atom stereocenters. The van der Waals surface area contributed by atoms with Gasteiger partial charge >= 0.3 is 0 Å². The molecular formula is C13H18O3. The molecule has 1 saturated heterocycles. The molecule has 0 spiro atoms. The van der Waals surface area contributed by atoms with Crippen LogP contribution in [-0.4, -0.2) is 29.0 Å². The van der Waals surface area contributed by atoms with Crippen LogP contribution in [-0.2, 0) is 4.74 Å². The third kappa shape index (κ3) is 2.43. The lowest BCUT2D eigenvalue weighted by Gasteiger charge is -2.31. The van der Waals surface area contributed by atoms with E-state index in [-0.39, 0.29) is 6.61 Å². The molecule has 3 heteroatoms. The molecule has 0 bridgehead atoms. The summed E-state index contributed by atoms with van der Waals surface area (Å²) >= 11 is 0. The molecule has 2 rings (SSSR count). The second-order valence-electron chi connectivity index (χ2n) is 4.43. The van der Waals surface area contributed by atoms with Gasteiger partial charge in [-0.05, 0) is 24.8 Å². The average Bonchev–Trinajstić information content (AvgIpc) is 2.55. The maximum Gasteiger partial charge on any atom is 0.118 e. The molecule has 1 aliphatic rings. The molecule has 0 saturated carbocycles. The van der Waals surface area contributed by atoms with E-state index in [9.17, 15) is 10.2 Å². The molecule has 1 fully saturated rings. The highest BCUT2D eigenvalue weighted by Crippen LogP contribution is 2.32. The third-order valence-electron chi connectivity index (χ3n) is 3.12. The summed E-state index contributed by atoms with van der Waals surface area (Å²) in [6.45, 7) is 0.882. The quantitative estimate of drug-likeness (QED) is 0.800. The number of aliphatic hydroxyl groups is 2. The van der Waals surface area contributed by atoms with E-state index in [0.717, 1.165) is 18.4 Å². The molecule has 88 valence electrons. The van der Waals surface area contributed by atoms with E-state index in [2.05, 4.69) is 0 Å². The van der Waals surface area contributed by atoms with E-state index in [4.69, 9.17) is 4.74 Å². The van der Waals surface area contributed by atoms with Gasteiger partial charge in [0, 0.05) is 6.61 Å². The fourth-order valence-electron chi connectivity index (χ4n) is 2.12. The van der Waals surface area contributed by atoms with Crippen LogP contribution in [0.1, 0.15) is 30.9 Å². The second-order valence-corrected chi connectivity index (χ2v) is 4.43. The Kier molecular flexibility index (Phi) is 3.59. The molecule has 0 amide bonds. The zero-order valence-electron chi connectivity index (χ0n) is 9.30. The minimum absolute atomic E-state index is 0.211. The van der Waals surface area contributed by atoms with Crippen LogP contribution >= 0.6 is 0 Å². The van der Waals surface area contributed by atoms with Crippen molar-refractivity contribution in [2.45, 2.75) is 31.0 Å². The highest BCUT2D eigenvalue weighted by molar-refractivity contribution is 5.20. The van der Waals surface area contributed by atoms with Gasteiger partial charge in [0.2, 0.25) is 0 Å². The number of rotatable bonds is 2. The first-order chi connectivity index (χ1) is 7.72. The molecule has 1 aromatic carbocycles. The number of hydrogen-bond donors (Lipinski definition) is 2. The Hall–Kier alpha value is -0.900. The normalized spacial score (nSPS) is 28.4. The molecule has 0 aliphatic carbocycles. The summed E-state index contributed by atoms with van der Waals surface area (Å²) in [7, 11) is 0. The van der Waals surface area contributed by atoms with E-state index in [1.54, 1.807) is 0 Å². The van der Waals surface area contributed by atoms with Gasteiger partial charge < -0.3 is 14.9 Å². The van der Waals surface area contributed by atoms with Crippen LogP contribution in [0.3, 0.4) is 0 Å². The first-order valence-corrected chi connectivity index (χ1v) is 5.75. The van der Waals surface area contributed by atoms with Gasteiger partial charge in [-0.1, -0.05) is 30.3 Å².